The van der Waals surface area contributed by atoms with Crippen LogP contribution in [0.2, 0.25) is 0 Å². The van der Waals surface area contributed by atoms with E-state index in [9.17, 15) is 9.59 Å². The van der Waals surface area contributed by atoms with Crippen LogP contribution in [0.3, 0.4) is 0 Å². The minimum absolute atomic E-state index is 0.0451. The molecule has 2 fully saturated rings. The highest BCUT2D eigenvalue weighted by Gasteiger charge is 2.26. The van der Waals surface area contributed by atoms with Crippen molar-refractivity contribution in [3.63, 3.8) is 0 Å². The van der Waals surface area contributed by atoms with Crippen LogP contribution in [0.25, 0.3) is 0 Å². The van der Waals surface area contributed by atoms with Crippen molar-refractivity contribution in [2.24, 2.45) is 5.92 Å². The van der Waals surface area contributed by atoms with Crippen molar-refractivity contribution in [2.75, 3.05) is 32.7 Å². The molecule has 7 nitrogen and oxygen atoms in total. The molecular formula is C20H31N5O2. The number of aromatic nitrogens is 2. The van der Waals surface area contributed by atoms with Crippen LogP contribution in [0.4, 0.5) is 0 Å². The van der Waals surface area contributed by atoms with Crippen LogP contribution in [0.5, 0.6) is 0 Å². The molecule has 3 rings (SSSR count). The van der Waals surface area contributed by atoms with Gasteiger partial charge in [-0.05, 0) is 51.1 Å². The molecule has 2 amide bonds. The lowest BCUT2D eigenvalue weighted by Gasteiger charge is -2.31. The summed E-state index contributed by atoms with van der Waals surface area (Å²) in [6.45, 7) is 6.64. The van der Waals surface area contributed by atoms with Gasteiger partial charge in [-0.1, -0.05) is 6.92 Å². The van der Waals surface area contributed by atoms with Gasteiger partial charge in [-0.15, -0.1) is 0 Å². The van der Waals surface area contributed by atoms with E-state index in [1.807, 2.05) is 4.90 Å². The summed E-state index contributed by atoms with van der Waals surface area (Å²) in [6.07, 6.45) is 10.4. The Hall–Kier alpha value is -2.02. The van der Waals surface area contributed by atoms with Gasteiger partial charge in [0.1, 0.15) is 5.69 Å². The Morgan fingerprint density at radius 2 is 2.00 bits per heavy atom. The Labute approximate surface area is 161 Å². The Bertz CT molecular complexity index is 616. The number of piperidine rings is 1. The van der Waals surface area contributed by atoms with Crippen molar-refractivity contribution in [1.29, 1.82) is 0 Å². The van der Waals surface area contributed by atoms with Gasteiger partial charge in [-0.25, -0.2) is 4.98 Å². The zero-order chi connectivity index (χ0) is 19.1. The number of nitrogens with zero attached hydrogens (tertiary/aromatic N) is 4. The molecule has 7 heteroatoms. The summed E-state index contributed by atoms with van der Waals surface area (Å²) in [4.78, 5) is 36.9. The van der Waals surface area contributed by atoms with Gasteiger partial charge in [0.15, 0.2) is 0 Å². The van der Waals surface area contributed by atoms with Gasteiger partial charge in [0.05, 0.1) is 6.20 Å². The summed E-state index contributed by atoms with van der Waals surface area (Å²) in [5.74, 6) is 0.632. The van der Waals surface area contributed by atoms with Crippen LogP contribution in [-0.2, 0) is 4.79 Å². The highest BCUT2D eigenvalue weighted by molar-refractivity contribution is 5.92. The molecule has 2 aliphatic heterocycles. The second-order valence-corrected chi connectivity index (χ2v) is 7.59. The molecule has 3 heterocycles. The number of hydrogen-bond donors (Lipinski definition) is 1. The third-order valence-corrected chi connectivity index (χ3v) is 5.90. The quantitative estimate of drug-likeness (QED) is 0.787. The summed E-state index contributed by atoms with van der Waals surface area (Å²) in [5.41, 5.74) is 0.406. The molecule has 1 atom stereocenters. The van der Waals surface area contributed by atoms with Gasteiger partial charge in [0.2, 0.25) is 5.91 Å². The first-order valence-electron chi connectivity index (χ1n) is 10.2. The highest BCUT2D eigenvalue weighted by atomic mass is 16.2. The minimum atomic E-state index is -0.0451. The fourth-order valence-electron chi connectivity index (χ4n) is 4.19. The Balaban J connectivity index is 1.33. The lowest BCUT2D eigenvalue weighted by molar-refractivity contribution is -0.121. The molecule has 0 spiro atoms. The lowest BCUT2D eigenvalue weighted by Crippen LogP contribution is -2.40. The molecular weight excluding hydrogens is 342 g/mol. The summed E-state index contributed by atoms with van der Waals surface area (Å²) < 4.78 is 0. The molecule has 0 bridgehead atoms. The summed E-state index contributed by atoms with van der Waals surface area (Å²) in [7, 11) is 0. The Morgan fingerprint density at radius 1 is 1.19 bits per heavy atom. The van der Waals surface area contributed by atoms with Gasteiger partial charge in [0.25, 0.3) is 5.91 Å². The molecule has 1 aromatic rings. The molecule has 0 aromatic carbocycles. The van der Waals surface area contributed by atoms with E-state index in [0.717, 1.165) is 52.0 Å². The first kappa shape index (κ1) is 19.7. The van der Waals surface area contributed by atoms with Gasteiger partial charge < -0.3 is 10.2 Å². The average molecular weight is 374 g/mol. The molecule has 0 radical (unpaired) electrons. The molecule has 2 saturated heterocycles. The van der Waals surface area contributed by atoms with Crippen molar-refractivity contribution in [1.82, 2.24) is 25.1 Å². The number of rotatable bonds is 7. The Morgan fingerprint density at radius 3 is 2.70 bits per heavy atom. The number of amides is 2. The molecule has 0 unspecified atom stereocenters. The fraction of sp³-hybridized carbons (Fsp3) is 0.700. The van der Waals surface area contributed by atoms with Crippen molar-refractivity contribution < 1.29 is 9.59 Å². The molecule has 1 N–H and O–H groups in total. The normalized spacial score (nSPS) is 21.4. The van der Waals surface area contributed by atoms with E-state index in [-0.39, 0.29) is 11.8 Å². The highest BCUT2D eigenvalue weighted by Crippen LogP contribution is 2.23. The van der Waals surface area contributed by atoms with E-state index in [4.69, 9.17) is 0 Å². The molecule has 2 aliphatic rings. The predicted molar refractivity (Wildman–Crippen MR) is 103 cm³/mol. The monoisotopic (exact) mass is 373 g/mol. The minimum Gasteiger partial charge on any atom is -0.355 e. The van der Waals surface area contributed by atoms with E-state index in [1.54, 1.807) is 12.4 Å². The molecule has 1 aromatic heterocycles. The van der Waals surface area contributed by atoms with E-state index in [0.29, 0.717) is 24.1 Å². The molecule has 0 saturated carbocycles. The smallest absolute Gasteiger partial charge is 0.274 e. The zero-order valence-electron chi connectivity index (χ0n) is 16.3. The lowest BCUT2D eigenvalue weighted by atomic mass is 9.92. The van der Waals surface area contributed by atoms with E-state index in [2.05, 4.69) is 27.1 Å². The third-order valence-electron chi connectivity index (χ3n) is 5.90. The number of nitrogens with one attached hydrogen (secondary N) is 1. The van der Waals surface area contributed by atoms with Gasteiger partial charge >= 0.3 is 0 Å². The first-order valence-corrected chi connectivity index (χ1v) is 10.2. The van der Waals surface area contributed by atoms with Crippen molar-refractivity contribution >= 4 is 11.8 Å². The number of likely N-dealkylation sites (tertiary alicyclic amines) is 2. The van der Waals surface area contributed by atoms with Crippen molar-refractivity contribution in [3.05, 3.63) is 24.3 Å². The standard InChI is InChI=1S/C20H31N5O2/c1-2-24-11-3-4-17(24)14-23-19(26)6-5-16-7-12-25(13-8-16)20(27)18-15-21-9-10-22-18/h9-10,15-17H,2-8,11-14H2,1H3,(H,23,26)/t17-/m1/s1. The van der Waals surface area contributed by atoms with E-state index >= 15 is 0 Å². The molecule has 148 valence electrons. The fourth-order valence-corrected chi connectivity index (χ4v) is 4.19. The van der Waals surface area contributed by atoms with E-state index < -0.39 is 0 Å². The van der Waals surface area contributed by atoms with Crippen LogP contribution in [-0.4, -0.2) is 70.3 Å². The van der Waals surface area contributed by atoms with Gasteiger partial charge in [-0.2, -0.15) is 0 Å². The van der Waals surface area contributed by atoms with Crippen LogP contribution in [0.15, 0.2) is 18.6 Å². The third kappa shape index (κ3) is 5.48. The topological polar surface area (TPSA) is 78.4 Å². The van der Waals surface area contributed by atoms with Crippen LogP contribution in [0, 0.1) is 5.92 Å². The maximum atomic E-state index is 12.4. The summed E-state index contributed by atoms with van der Waals surface area (Å²) in [6, 6.07) is 0.509. The SMILES string of the molecule is CCN1CCC[C@@H]1CNC(=O)CCC1CCN(C(=O)c2cnccn2)CC1. The summed E-state index contributed by atoms with van der Waals surface area (Å²) in [5, 5.41) is 3.12. The van der Waals surface area contributed by atoms with Gasteiger partial charge in [0, 0.05) is 44.5 Å². The second kappa shape index (κ2) is 9.78. The second-order valence-electron chi connectivity index (χ2n) is 7.59. The number of carbonyl (C=O) groups is 2. The van der Waals surface area contributed by atoms with Gasteiger partial charge in [-0.3, -0.25) is 19.5 Å². The van der Waals surface area contributed by atoms with Crippen molar-refractivity contribution in [2.45, 2.75) is 51.5 Å². The average Bonchev–Trinajstić information content (AvgIpc) is 3.19. The molecule has 0 aliphatic carbocycles. The zero-order valence-corrected chi connectivity index (χ0v) is 16.3. The molecule has 27 heavy (non-hydrogen) atoms. The summed E-state index contributed by atoms with van der Waals surface area (Å²) >= 11 is 0. The number of likely N-dealkylation sites (N-methyl/N-ethyl adjacent to an activating group) is 1. The van der Waals surface area contributed by atoms with Crippen LogP contribution < -0.4 is 5.32 Å². The number of hydrogen-bond acceptors (Lipinski definition) is 5. The maximum Gasteiger partial charge on any atom is 0.274 e. The van der Waals surface area contributed by atoms with Crippen LogP contribution >= 0.6 is 0 Å². The first-order chi connectivity index (χ1) is 13.2. The van der Waals surface area contributed by atoms with Crippen molar-refractivity contribution in [3.8, 4) is 0 Å². The Kier molecular flexibility index (Phi) is 7.15. The maximum absolute atomic E-state index is 12.4. The van der Waals surface area contributed by atoms with E-state index in [1.165, 1.54) is 19.0 Å². The number of carbonyl (C=O) groups excluding carboxylic acids is 2. The van der Waals surface area contributed by atoms with Crippen LogP contribution in [0.1, 0.15) is 55.9 Å². The largest absolute Gasteiger partial charge is 0.355 e. The predicted octanol–water partition coefficient (Wildman–Crippen LogP) is 1.71.